The molecule has 25 heavy (non-hydrogen) atoms. The third kappa shape index (κ3) is 8.12. The van der Waals surface area contributed by atoms with Gasteiger partial charge in [-0.15, -0.1) is 24.0 Å². The minimum atomic E-state index is -0.669. The number of nitrogens with one attached hydrogen (secondary N) is 2. The van der Waals surface area contributed by atoms with Crippen LogP contribution < -0.4 is 10.6 Å². The molecule has 3 unspecified atom stereocenters. The molecule has 0 aromatic carbocycles. The number of nitrogens with zero attached hydrogens (tertiary/aromatic N) is 2. The second kappa shape index (κ2) is 12.5. The number of aliphatic imine (C=N–C) groups is 1. The second-order valence-electron chi connectivity index (χ2n) is 7.27. The molecule has 0 aromatic heterocycles. The number of rotatable bonds is 6. The molecule has 3 atom stereocenters. The van der Waals surface area contributed by atoms with Crippen molar-refractivity contribution in [1.82, 2.24) is 15.5 Å². The molecule has 7 heteroatoms. The van der Waals surface area contributed by atoms with Crippen LogP contribution in [0.15, 0.2) is 4.99 Å². The molecule has 0 aromatic rings. The molecule has 2 aliphatic rings. The van der Waals surface area contributed by atoms with Crippen molar-refractivity contribution in [3.63, 3.8) is 0 Å². The Labute approximate surface area is 173 Å². The average Bonchev–Trinajstić information content (AvgIpc) is 2.61. The third-order valence-corrected chi connectivity index (χ3v) is 7.05. The molecule has 1 aliphatic heterocycles. The van der Waals surface area contributed by atoms with Gasteiger partial charge in [-0.1, -0.05) is 13.3 Å². The number of likely N-dealkylation sites (tertiary alicyclic amines) is 1. The standard InChI is InChI=1S/C18H36N4OS.HI/c1-4-19-18(20-14-15-9-11-22(3)12-10-15)21-16-7-6-8-17(13-16)24(23)5-2;/h15-17H,4-14H2,1-3H3,(H2,19,20,21);1H. The summed E-state index contributed by atoms with van der Waals surface area (Å²) in [5.74, 6) is 2.44. The molecule has 0 amide bonds. The lowest BCUT2D eigenvalue weighted by Gasteiger charge is -2.31. The van der Waals surface area contributed by atoms with Gasteiger partial charge in [0.2, 0.25) is 0 Å². The topological polar surface area (TPSA) is 56.7 Å². The Morgan fingerprint density at radius 1 is 1.20 bits per heavy atom. The van der Waals surface area contributed by atoms with E-state index in [1.54, 1.807) is 0 Å². The predicted octanol–water partition coefficient (Wildman–Crippen LogP) is 2.58. The van der Waals surface area contributed by atoms with Gasteiger partial charge in [-0.05, 0) is 65.1 Å². The van der Waals surface area contributed by atoms with Gasteiger partial charge in [0.05, 0.1) is 0 Å². The second-order valence-corrected chi connectivity index (χ2v) is 9.27. The van der Waals surface area contributed by atoms with Crippen LogP contribution in [-0.4, -0.2) is 65.3 Å². The van der Waals surface area contributed by atoms with Crippen molar-refractivity contribution >= 4 is 40.7 Å². The Kier molecular flexibility index (Phi) is 11.6. The van der Waals surface area contributed by atoms with E-state index in [1.165, 1.54) is 32.4 Å². The first-order valence-corrected chi connectivity index (χ1v) is 11.1. The van der Waals surface area contributed by atoms with E-state index < -0.39 is 10.8 Å². The molecule has 0 radical (unpaired) electrons. The summed E-state index contributed by atoms with van der Waals surface area (Å²) in [6.07, 6.45) is 6.96. The molecule has 148 valence electrons. The van der Waals surface area contributed by atoms with E-state index in [4.69, 9.17) is 4.99 Å². The highest BCUT2D eigenvalue weighted by Gasteiger charge is 2.26. The monoisotopic (exact) mass is 484 g/mol. The lowest BCUT2D eigenvalue weighted by molar-refractivity contribution is 0.223. The Hall–Kier alpha value is 0.110. The zero-order valence-electron chi connectivity index (χ0n) is 16.1. The lowest BCUT2D eigenvalue weighted by atomic mass is 9.95. The smallest absolute Gasteiger partial charge is 0.191 e. The van der Waals surface area contributed by atoms with E-state index in [0.29, 0.717) is 17.2 Å². The van der Waals surface area contributed by atoms with E-state index >= 15 is 0 Å². The number of hydrogen-bond donors (Lipinski definition) is 2. The lowest BCUT2D eigenvalue weighted by Crippen LogP contribution is -2.47. The number of guanidine groups is 1. The van der Waals surface area contributed by atoms with Gasteiger partial charge < -0.3 is 15.5 Å². The molecule has 1 heterocycles. The van der Waals surface area contributed by atoms with Gasteiger partial charge in [-0.2, -0.15) is 0 Å². The van der Waals surface area contributed by atoms with Crippen LogP contribution >= 0.6 is 24.0 Å². The Morgan fingerprint density at radius 2 is 1.92 bits per heavy atom. The quantitative estimate of drug-likeness (QED) is 0.346. The minimum absolute atomic E-state index is 0. The fourth-order valence-corrected chi connectivity index (χ4v) is 5.08. The molecule has 2 fully saturated rings. The van der Waals surface area contributed by atoms with Crippen molar-refractivity contribution in [1.29, 1.82) is 0 Å². The molecule has 1 saturated heterocycles. The number of halogens is 1. The number of piperidine rings is 1. The fraction of sp³-hybridized carbons (Fsp3) is 0.944. The first-order chi connectivity index (χ1) is 11.6. The molecule has 1 aliphatic carbocycles. The highest BCUT2D eigenvalue weighted by Crippen LogP contribution is 2.23. The Morgan fingerprint density at radius 3 is 2.56 bits per heavy atom. The maximum Gasteiger partial charge on any atom is 0.191 e. The third-order valence-electron chi connectivity index (χ3n) is 5.31. The van der Waals surface area contributed by atoms with Gasteiger partial charge in [-0.25, -0.2) is 0 Å². The largest absolute Gasteiger partial charge is 0.357 e. The maximum absolute atomic E-state index is 12.1. The summed E-state index contributed by atoms with van der Waals surface area (Å²) < 4.78 is 12.1. The SMILES string of the molecule is CCNC(=NCC1CCN(C)CC1)NC1CCCC(S(=O)CC)C1.I. The molecule has 0 bridgehead atoms. The van der Waals surface area contributed by atoms with Crippen LogP contribution in [0, 0.1) is 5.92 Å². The highest BCUT2D eigenvalue weighted by atomic mass is 127. The fourth-order valence-electron chi connectivity index (χ4n) is 3.73. The highest BCUT2D eigenvalue weighted by molar-refractivity contribution is 14.0. The summed E-state index contributed by atoms with van der Waals surface area (Å²) >= 11 is 0. The minimum Gasteiger partial charge on any atom is -0.357 e. The van der Waals surface area contributed by atoms with E-state index in [-0.39, 0.29) is 24.0 Å². The van der Waals surface area contributed by atoms with Crippen molar-refractivity contribution in [2.24, 2.45) is 10.9 Å². The summed E-state index contributed by atoms with van der Waals surface area (Å²) in [4.78, 5) is 7.25. The first-order valence-electron chi connectivity index (χ1n) is 9.72. The van der Waals surface area contributed by atoms with Crippen LogP contribution in [0.4, 0.5) is 0 Å². The molecule has 2 N–H and O–H groups in total. The summed E-state index contributed by atoms with van der Waals surface area (Å²) in [6.45, 7) is 8.33. The van der Waals surface area contributed by atoms with E-state index in [0.717, 1.165) is 44.1 Å². The van der Waals surface area contributed by atoms with Crippen LogP contribution in [-0.2, 0) is 10.8 Å². The van der Waals surface area contributed by atoms with Gasteiger partial charge in [0, 0.05) is 40.9 Å². The zero-order chi connectivity index (χ0) is 17.4. The van der Waals surface area contributed by atoms with Crippen LogP contribution in [0.1, 0.15) is 52.4 Å². The van der Waals surface area contributed by atoms with E-state index in [1.807, 2.05) is 6.92 Å². The molecule has 1 saturated carbocycles. The van der Waals surface area contributed by atoms with Gasteiger partial charge >= 0.3 is 0 Å². The summed E-state index contributed by atoms with van der Waals surface area (Å²) in [6, 6.07) is 0.412. The summed E-state index contributed by atoms with van der Waals surface area (Å²) in [5.41, 5.74) is 0. The molecular weight excluding hydrogens is 447 g/mol. The predicted molar refractivity (Wildman–Crippen MR) is 119 cm³/mol. The van der Waals surface area contributed by atoms with Crippen LogP contribution in [0.3, 0.4) is 0 Å². The van der Waals surface area contributed by atoms with Crippen LogP contribution in [0.2, 0.25) is 0 Å². The molecular formula is C18H37IN4OS. The van der Waals surface area contributed by atoms with Gasteiger partial charge in [0.1, 0.15) is 0 Å². The molecule has 2 rings (SSSR count). The van der Waals surface area contributed by atoms with Crippen LogP contribution in [0.5, 0.6) is 0 Å². The Balaban J connectivity index is 0.00000312. The first kappa shape index (κ1) is 23.1. The van der Waals surface area contributed by atoms with Crippen molar-refractivity contribution < 1.29 is 4.21 Å². The molecule has 0 spiro atoms. The molecule has 5 nitrogen and oxygen atoms in total. The van der Waals surface area contributed by atoms with Gasteiger partial charge in [0.15, 0.2) is 5.96 Å². The van der Waals surface area contributed by atoms with Crippen molar-refractivity contribution in [3.05, 3.63) is 0 Å². The zero-order valence-corrected chi connectivity index (χ0v) is 19.3. The summed E-state index contributed by atoms with van der Waals surface area (Å²) in [7, 11) is 1.53. The van der Waals surface area contributed by atoms with Crippen molar-refractivity contribution in [3.8, 4) is 0 Å². The van der Waals surface area contributed by atoms with Crippen molar-refractivity contribution in [2.45, 2.75) is 63.7 Å². The Bertz CT molecular complexity index is 427. The maximum atomic E-state index is 12.1. The number of hydrogen-bond acceptors (Lipinski definition) is 3. The average molecular weight is 484 g/mol. The van der Waals surface area contributed by atoms with Crippen molar-refractivity contribution in [2.75, 3.05) is 39.0 Å². The normalized spacial score (nSPS) is 27.4. The van der Waals surface area contributed by atoms with E-state index in [9.17, 15) is 4.21 Å². The van der Waals surface area contributed by atoms with E-state index in [2.05, 4.69) is 29.5 Å². The summed E-state index contributed by atoms with van der Waals surface area (Å²) in [5, 5.41) is 7.36. The van der Waals surface area contributed by atoms with Crippen LogP contribution in [0.25, 0.3) is 0 Å². The van der Waals surface area contributed by atoms with Gasteiger partial charge in [0.25, 0.3) is 0 Å². The van der Waals surface area contributed by atoms with Gasteiger partial charge in [-0.3, -0.25) is 9.20 Å².